The first-order valence-electron chi connectivity index (χ1n) is 10.8. The number of thiophene rings is 1. The Morgan fingerprint density at radius 3 is 2.42 bits per heavy atom. The first kappa shape index (κ1) is 24.1. The zero-order valence-electron chi connectivity index (χ0n) is 18.3. The maximum atomic E-state index is 13.1. The SMILES string of the molecule is COc1ccc(S(=O)(=O)N2CCCC2)cc1NC(=O)C1CCCN(S(=O)(=O)c2cccs2)C1. The van der Waals surface area contributed by atoms with Gasteiger partial charge < -0.3 is 10.1 Å². The van der Waals surface area contributed by atoms with E-state index in [-0.39, 0.29) is 27.2 Å². The first-order valence-corrected chi connectivity index (χ1v) is 14.5. The third-order valence-electron chi connectivity index (χ3n) is 5.98. The zero-order chi connectivity index (χ0) is 23.6. The molecule has 180 valence electrons. The Balaban J connectivity index is 1.53. The average Bonchev–Trinajstić information content (AvgIpc) is 3.54. The number of hydrogen-bond acceptors (Lipinski definition) is 7. The first-order chi connectivity index (χ1) is 15.7. The van der Waals surface area contributed by atoms with E-state index < -0.39 is 26.0 Å². The Morgan fingerprint density at radius 2 is 1.76 bits per heavy atom. The molecule has 1 amide bonds. The van der Waals surface area contributed by atoms with Crippen molar-refractivity contribution in [3.63, 3.8) is 0 Å². The summed E-state index contributed by atoms with van der Waals surface area (Å²) in [6, 6.07) is 7.64. The molecule has 0 saturated carbocycles. The summed E-state index contributed by atoms with van der Waals surface area (Å²) in [5, 5.41) is 4.48. The summed E-state index contributed by atoms with van der Waals surface area (Å²) < 4.78 is 60.0. The highest BCUT2D eigenvalue weighted by atomic mass is 32.2. The standard InChI is InChI=1S/C21H27N3O6S3/c1-30-19-9-8-17(32(26,27)23-10-2-3-11-23)14-18(19)22-21(25)16-6-4-12-24(15-16)33(28,29)20-7-5-13-31-20/h5,7-9,13-14,16H,2-4,6,10-12,15H2,1H3,(H,22,25). The van der Waals surface area contributed by atoms with Crippen LogP contribution in [0.5, 0.6) is 5.75 Å². The van der Waals surface area contributed by atoms with Crippen LogP contribution < -0.4 is 10.1 Å². The molecule has 0 bridgehead atoms. The molecule has 9 nitrogen and oxygen atoms in total. The minimum absolute atomic E-state index is 0.0696. The number of nitrogens with zero attached hydrogens (tertiary/aromatic N) is 2. The number of amides is 1. The van der Waals surface area contributed by atoms with Crippen LogP contribution in [0.2, 0.25) is 0 Å². The van der Waals surface area contributed by atoms with E-state index in [1.54, 1.807) is 17.5 Å². The van der Waals surface area contributed by atoms with Crippen molar-refractivity contribution in [2.24, 2.45) is 5.92 Å². The third-order valence-corrected chi connectivity index (χ3v) is 11.1. The van der Waals surface area contributed by atoms with Crippen molar-refractivity contribution >= 4 is 43.0 Å². The molecule has 2 aliphatic heterocycles. The highest BCUT2D eigenvalue weighted by Gasteiger charge is 2.34. The van der Waals surface area contributed by atoms with Gasteiger partial charge in [0.15, 0.2) is 0 Å². The molecule has 2 aromatic rings. The third kappa shape index (κ3) is 4.94. The topological polar surface area (TPSA) is 113 Å². The van der Waals surface area contributed by atoms with Crippen LogP contribution in [0, 0.1) is 5.92 Å². The summed E-state index contributed by atoms with van der Waals surface area (Å²) in [5.74, 6) is -0.588. The van der Waals surface area contributed by atoms with Gasteiger partial charge in [-0.1, -0.05) is 6.07 Å². The number of benzene rings is 1. The number of ether oxygens (including phenoxy) is 1. The molecule has 1 atom stereocenters. The van der Waals surface area contributed by atoms with Gasteiger partial charge in [0.05, 0.1) is 23.6 Å². The summed E-state index contributed by atoms with van der Waals surface area (Å²) in [6.45, 7) is 1.39. The Kier molecular flexibility index (Phi) is 7.10. The van der Waals surface area contributed by atoms with E-state index in [2.05, 4.69) is 5.32 Å². The van der Waals surface area contributed by atoms with Gasteiger partial charge in [-0.15, -0.1) is 11.3 Å². The van der Waals surface area contributed by atoms with E-state index in [0.29, 0.717) is 38.2 Å². The van der Waals surface area contributed by atoms with Crippen LogP contribution in [-0.4, -0.2) is 64.6 Å². The smallest absolute Gasteiger partial charge is 0.252 e. The van der Waals surface area contributed by atoms with Crippen molar-refractivity contribution in [2.75, 3.05) is 38.6 Å². The zero-order valence-corrected chi connectivity index (χ0v) is 20.7. The van der Waals surface area contributed by atoms with Gasteiger partial charge in [-0.3, -0.25) is 4.79 Å². The number of hydrogen-bond donors (Lipinski definition) is 1. The van der Waals surface area contributed by atoms with E-state index in [4.69, 9.17) is 4.74 Å². The predicted molar refractivity (Wildman–Crippen MR) is 125 cm³/mol. The monoisotopic (exact) mass is 513 g/mol. The van der Waals surface area contributed by atoms with Crippen LogP contribution in [0.15, 0.2) is 44.8 Å². The molecule has 2 saturated heterocycles. The molecule has 1 unspecified atom stereocenters. The fourth-order valence-electron chi connectivity index (χ4n) is 4.17. The lowest BCUT2D eigenvalue weighted by Gasteiger charge is -2.31. The molecule has 1 aromatic carbocycles. The van der Waals surface area contributed by atoms with Crippen molar-refractivity contribution in [1.82, 2.24) is 8.61 Å². The lowest BCUT2D eigenvalue weighted by molar-refractivity contribution is -0.120. The summed E-state index contributed by atoms with van der Waals surface area (Å²) in [7, 11) is -5.86. The second-order valence-corrected chi connectivity index (χ2v) is 13.1. The van der Waals surface area contributed by atoms with Gasteiger partial charge in [-0.25, -0.2) is 16.8 Å². The van der Waals surface area contributed by atoms with Crippen LogP contribution in [0.3, 0.4) is 0 Å². The molecule has 1 N–H and O–H groups in total. The highest BCUT2D eigenvalue weighted by molar-refractivity contribution is 7.91. The molecular weight excluding hydrogens is 486 g/mol. The minimum atomic E-state index is -3.66. The molecule has 0 spiro atoms. The second-order valence-electron chi connectivity index (χ2n) is 8.10. The van der Waals surface area contributed by atoms with E-state index in [1.165, 1.54) is 33.9 Å². The average molecular weight is 514 g/mol. The number of methoxy groups -OCH3 is 1. The van der Waals surface area contributed by atoms with Gasteiger partial charge in [0.1, 0.15) is 9.96 Å². The fraction of sp³-hybridized carbons (Fsp3) is 0.476. The quantitative estimate of drug-likeness (QED) is 0.609. The summed E-state index contributed by atoms with van der Waals surface area (Å²) >= 11 is 1.15. The number of sulfonamides is 2. The van der Waals surface area contributed by atoms with Crippen molar-refractivity contribution in [2.45, 2.75) is 34.8 Å². The maximum Gasteiger partial charge on any atom is 0.252 e. The Hall–Kier alpha value is -1.99. The van der Waals surface area contributed by atoms with Crippen molar-refractivity contribution in [3.8, 4) is 5.75 Å². The molecule has 2 aliphatic rings. The Labute approximate surface area is 198 Å². The number of anilines is 1. The van der Waals surface area contributed by atoms with Gasteiger partial charge in [0, 0.05) is 26.2 Å². The van der Waals surface area contributed by atoms with E-state index in [0.717, 1.165) is 24.2 Å². The number of piperidine rings is 1. The minimum Gasteiger partial charge on any atom is -0.495 e. The molecule has 2 fully saturated rings. The lowest BCUT2D eigenvalue weighted by Crippen LogP contribution is -2.43. The van der Waals surface area contributed by atoms with Gasteiger partial charge in [-0.2, -0.15) is 8.61 Å². The second kappa shape index (κ2) is 9.71. The van der Waals surface area contributed by atoms with Crippen LogP contribution in [-0.2, 0) is 24.8 Å². The van der Waals surface area contributed by atoms with Crippen molar-refractivity contribution in [3.05, 3.63) is 35.7 Å². The molecule has 3 heterocycles. The molecular formula is C21H27N3O6S3. The van der Waals surface area contributed by atoms with Gasteiger partial charge in [0.25, 0.3) is 10.0 Å². The molecule has 0 radical (unpaired) electrons. The summed E-state index contributed by atoms with van der Waals surface area (Å²) in [6.07, 6.45) is 2.75. The van der Waals surface area contributed by atoms with Crippen LogP contribution >= 0.6 is 11.3 Å². The van der Waals surface area contributed by atoms with Crippen LogP contribution in [0.1, 0.15) is 25.7 Å². The maximum absolute atomic E-state index is 13.1. The highest BCUT2D eigenvalue weighted by Crippen LogP contribution is 2.32. The van der Waals surface area contributed by atoms with E-state index >= 15 is 0 Å². The largest absolute Gasteiger partial charge is 0.495 e. The molecule has 12 heteroatoms. The van der Waals surface area contributed by atoms with E-state index in [9.17, 15) is 21.6 Å². The molecule has 0 aliphatic carbocycles. The molecule has 33 heavy (non-hydrogen) atoms. The normalized spacial score (nSPS) is 20.6. The predicted octanol–water partition coefficient (Wildman–Crippen LogP) is 2.58. The van der Waals surface area contributed by atoms with E-state index in [1.807, 2.05) is 0 Å². The number of carbonyl (C=O) groups is 1. The van der Waals surface area contributed by atoms with Crippen molar-refractivity contribution in [1.29, 1.82) is 0 Å². The van der Waals surface area contributed by atoms with Gasteiger partial charge in [-0.05, 0) is 55.3 Å². The van der Waals surface area contributed by atoms with Gasteiger partial charge in [0.2, 0.25) is 15.9 Å². The summed E-state index contributed by atoms with van der Waals surface area (Å²) in [4.78, 5) is 13.2. The number of nitrogens with one attached hydrogen (secondary N) is 1. The van der Waals surface area contributed by atoms with Crippen molar-refractivity contribution < 1.29 is 26.4 Å². The summed E-state index contributed by atoms with van der Waals surface area (Å²) in [5.41, 5.74) is 0.251. The number of rotatable bonds is 7. The fourth-order valence-corrected chi connectivity index (χ4v) is 8.38. The Bertz CT molecular complexity index is 1210. The van der Waals surface area contributed by atoms with Gasteiger partial charge >= 0.3 is 0 Å². The molecule has 4 rings (SSSR count). The molecule has 1 aromatic heterocycles. The lowest BCUT2D eigenvalue weighted by atomic mass is 9.98. The van der Waals surface area contributed by atoms with Crippen LogP contribution in [0.25, 0.3) is 0 Å². The number of carbonyl (C=O) groups excluding carboxylic acids is 1. The van der Waals surface area contributed by atoms with Crippen LogP contribution in [0.4, 0.5) is 5.69 Å². The Morgan fingerprint density at radius 1 is 1.03 bits per heavy atom.